The van der Waals surface area contributed by atoms with Crippen molar-refractivity contribution in [3.63, 3.8) is 0 Å². The molecule has 1 N–H and O–H groups in total. The lowest BCUT2D eigenvalue weighted by Crippen LogP contribution is -2.27. The topological polar surface area (TPSA) is 12.0 Å². The number of benzene rings is 2. The average Bonchev–Trinajstić information content (AvgIpc) is 2.40. The summed E-state index contributed by atoms with van der Waals surface area (Å²) < 4.78 is 26.3. The van der Waals surface area contributed by atoms with Crippen LogP contribution in [0.1, 0.15) is 18.1 Å². The quantitative estimate of drug-likeness (QED) is 0.865. The lowest BCUT2D eigenvalue weighted by molar-refractivity contribution is 0.519. The maximum Gasteiger partial charge on any atom is 0.130 e. The number of hydrogen-bond donors (Lipinski definition) is 1. The van der Waals surface area contributed by atoms with E-state index in [0.717, 1.165) is 18.1 Å². The predicted octanol–water partition coefficient (Wildman–Crippen LogP) is 4.34. The average molecular weight is 296 g/mol. The van der Waals surface area contributed by atoms with Crippen molar-refractivity contribution in [2.24, 2.45) is 0 Å². The molecule has 20 heavy (non-hydrogen) atoms. The maximum absolute atomic E-state index is 13.5. The highest BCUT2D eigenvalue weighted by molar-refractivity contribution is 6.30. The van der Waals surface area contributed by atoms with Gasteiger partial charge < -0.3 is 5.32 Å². The van der Waals surface area contributed by atoms with Crippen LogP contribution in [0.3, 0.4) is 0 Å². The Balaban J connectivity index is 1.88. The van der Waals surface area contributed by atoms with Crippen molar-refractivity contribution in [2.45, 2.75) is 25.9 Å². The molecule has 0 aromatic heterocycles. The highest BCUT2D eigenvalue weighted by atomic mass is 35.5. The van der Waals surface area contributed by atoms with E-state index in [9.17, 15) is 8.78 Å². The van der Waals surface area contributed by atoms with Crippen molar-refractivity contribution in [1.82, 2.24) is 5.32 Å². The summed E-state index contributed by atoms with van der Waals surface area (Å²) in [6.07, 6.45) is 0.819. The van der Waals surface area contributed by atoms with Crippen LogP contribution in [-0.4, -0.2) is 6.04 Å². The molecule has 4 heteroatoms. The van der Waals surface area contributed by atoms with Gasteiger partial charge in [-0.15, -0.1) is 0 Å². The fraction of sp³-hybridized carbons (Fsp3) is 0.250. The summed E-state index contributed by atoms with van der Waals surface area (Å²) in [5.41, 5.74) is 1.63. The summed E-state index contributed by atoms with van der Waals surface area (Å²) in [5.74, 6) is -1.07. The molecule has 2 aromatic rings. The zero-order chi connectivity index (χ0) is 14.5. The second-order valence-corrected chi connectivity index (χ2v) is 5.28. The lowest BCUT2D eigenvalue weighted by Gasteiger charge is -2.14. The molecule has 0 aliphatic rings. The number of halogens is 3. The third-order valence-corrected chi connectivity index (χ3v) is 3.36. The summed E-state index contributed by atoms with van der Waals surface area (Å²) in [5, 5.41) is 3.94. The summed E-state index contributed by atoms with van der Waals surface area (Å²) in [7, 11) is 0. The zero-order valence-electron chi connectivity index (χ0n) is 11.2. The Labute approximate surface area is 122 Å². The summed E-state index contributed by atoms with van der Waals surface area (Å²) >= 11 is 5.83. The molecule has 106 valence electrons. The van der Waals surface area contributed by atoms with Gasteiger partial charge in [0.15, 0.2) is 0 Å². The molecule has 0 radical (unpaired) electrons. The number of rotatable bonds is 5. The van der Waals surface area contributed by atoms with E-state index in [0.29, 0.717) is 17.1 Å². The molecule has 0 bridgehead atoms. The van der Waals surface area contributed by atoms with Gasteiger partial charge in [0.25, 0.3) is 0 Å². The van der Waals surface area contributed by atoms with Gasteiger partial charge in [0.2, 0.25) is 0 Å². The summed E-state index contributed by atoms with van der Waals surface area (Å²) in [6.45, 7) is 2.40. The Kier molecular flexibility index (Phi) is 5.10. The van der Waals surface area contributed by atoms with Crippen LogP contribution in [0.5, 0.6) is 0 Å². The van der Waals surface area contributed by atoms with Crippen LogP contribution in [0.25, 0.3) is 0 Å². The van der Waals surface area contributed by atoms with Gasteiger partial charge in [-0.1, -0.05) is 29.8 Å². The van der Waals surface area contributed by atoms with Gasteiger partial charge in [-0.2, -0.15) is 0 Å². The van der Waals surface area contributed by atoms with Gasteiger partial charge in [0.05, 0.1) is 0 Å². The van der Waals surface area contributed by atoms with Gasteiger partial charge in [-0.05, 0) is 37.1 Å². The van der Waals surface area contributed by atoms with Crippen molar-refractivity contribution in [1.29, 1.82) is 0 Å². The van der Waals surface area contributed by atoms with Crippen molar-refractivity contribution < 1.29 is 8.78 Å². The molecule has 1 unspecified atom stereocenters. The molecule has 0 fully saturated rings. The van der Waals surface area contributed by atoms with E-state index in [1.165, 1.54) is 12.1 Å². The van der Waals surface area contributed by atoms with Crippen LogP contribution >= 0.6 is 11.6 Å². The first-order valence-electron chi connectivity index (χ1n) is 6.46. The molecule has 0 aliphatic heterocycles. The van der Waals surface area contributed by atoms with E-state index >= 15 is 0 Å². The van der Waals surface area contributed by atoms with Crippen LogP contribution in [0.2, 0.25) is 5.02 Å². The van der Waals surface area contributed by atoms with Crippen molar-refractivity contribution in [3.05, 3.63) is 70.2 Å². The Morgan fingerprint density at radius 1 is 1.10 bits per heavy atom. The van der Waals surface area contributed by atoms with E-state index in [1.54, 1.807) is 0 Å². The van der Waals surface area contributed by atoms with Crippen molar-refractivity contribution >= 4 is 11.6 Å². The van der Waals surface area contributed by atoms with Gasteiger partial charge in [-0.3, -0.25) is 0 Å². The highest BCUT2D eigenvalue weighted by Crippen LogP contribution is 2.12. The number of hydrogen-bond acceptors (Lipinski definition) is 1. The molecule has 1 nitrogen and oxygen atoms in total. The molecule has 0 saturated carbocycles. The third-order valence-electron chi connectivity index (χ3n) is 3.11. The fourth-order valence-electron chi connectivity index (χ4n) is 2.00. The Morgan fingerprint density at radius 3 is 2.45 bits per heavy atom. The van der Waals surface area contributed by atoms with Crippen molar-refractivity contribution in [3.8, 4) is 0 Å². The summed E-state index contributed by atoms with van der Waals surface area (Å²) in [4.78, 5) is 0. The first kappa shape index (κ1) is 14.9. The molecular formula is C16H16ClF2N. The summed E-state index contributed by atoms with van der Waals surface area (Å²) in [6, 6.07) is 11.5. The largest absolute Gasteiger partial charge is 0.310 e. The Bertz CT molecular complexity index is 569. The molecule has 0 heterocycles. The van der Waals surface area contributed by atoms with Crippen LogP contribution in [-0.2, 0) is 13.0 Å². The second-order valence-electron chi connectivity index (χ2n) is 4.85. The zero-order valence-corrected chi connectivity index (χ0v) is 11.9. The number of nitrogens with one attached hydrogen (secondary N) is 1. The predicted molar refractivity (Wildman–Crippen MR) is 77.8 cm³/mol. The van der Waals surface area contributed by atoms with E-state index in [-0.39, 0.29) is 6.04 Å². The standard InChI is InChI=1S/C16H16ClF2N/c1-11(8-12-2-5-14(17)6-3-12)20-10-13-4-7-15(18)9-16(13)19/h2-7,9,11,20H,8,10H2,1H3. The monoisotopic (exact) mass is 295 g/mol. The molecule has 0 aliphatic carbocycles. The molecular weight excluding hydrogens is 280 g/mol. The minimum Gasteiger partial charge on any atom is -0.310 e. The first-order valence-corrected chi connectivity index (χ1v) is 6.84. The van der Waals surface area contributed by atoms with Gasteiger partial charge in [-0.25, -0.2) is 8.78 Å². The molecule has 1 atom stereocenters. The third kappa shape index (κ3) is 4.29. The van der Waals surface area contributed by atoms with E-state index < -0.39 is 11.6 Å². The molecule has 2 aromatic carbocycles. The Morgan fingerprint density at radius 2 is 1.80 bits per heavy atom. The van der Waals surface area contributed by atoms with Crippen LogP contribution < -0.4 is 5.32 Å². The van der Waals surface area contributed by atoms with Crippen LogP contribution in [0.4, 0.5) is 8.78 Å². The van der Waals surface area contributed by atoms with E-state index in [4.69, 9.17) is 11.6 Å². The van der Waals surface area contributed by atoms with Gasteiger partial charge in [0.1, 0.15) is 11.6 Å². The highest BCUT2D eigenvalue weighted by Gasteiger charge is 2.07. The normalized spacial score (nSPS) is 12.4. The lowest BCUT2D eigenvalue weighted by atomic mass is 10.1. The molecule has 2 rings (SSSR count). The van der Waals surface area contributed by atoms with Crippen LogP contribution in [0, 0.1) is 11.6 Å². The molecule has 0 spiro atoms. The maximum atomic E-state index is 13.5. The molecule has 0 amide bonds. The van der Waals surface area contributed by atoms with E-state index in [2.05, 4.69) is 5.32 Å². The smallest absolute Gasteiger partial charge is 0.130 e. The van der Waals surface area contributed by atoms with E-state index in [1.807, 2.05) is 31.2 Å². The fourth-order valence-corrected chi connectivity index (χ4v) is 2.12. The van der Waals surface area contributed by atoms with Crippen molar-refractivity contribution in [2.75, 3.05) is 0 Å². The minimum atomic E-state index is -0.555. The minimum absolute atomic E-state index is 0.181. The molecule has 0 saturated heterocycles. The van der Waals surface area contributed by atoms with Crippen LogP contribution in [0.15, 0.2) is 42.5 Å². The first-order chi connectivity index (χ1) is 9.54. The van der Waals surface area contributed by atoms with Gasteiger partial charge in [0, 0.05) is 29.2 Å². The Hall–Kier alpha value is -1.45. The second kappa shape index (κ2) is 6.82. The van der Waals surface area contributed by atoms with Gasteiger partial charge >= 0.3 is 0 Å². The SMILES string of the molecule is CC(Cc1ccc(Cl)cc1)NCc1ccc(F)cc1F.